The highest BCUT2D eigenvalue weighted by Gasteiger charge is 2.22. The van der Waals surface area contributed by atoms with Crippen LogP contribution in [0.1, 0.15) is 24.4 Å². The van der Waals surface area contributed by atoms with Gasteiger partial charge in [-0.3, -0.25) is 9.36 Å². The van der Waals surface area contributed by atoms with Crippen LogP contribution in [-0.4, -0.2) is 44.4 Å². The average molecular weight is 561 g/mol. The number of hydrogen-bond donors (Lipinski definition) is 4. The van der Waals surface area contributed by atoms with Crippen molar-refractivity contribution >= 4 is 28.4 Å². The number of H-pyrrole nitrogens is 1. The zero-order chi connectivity index (χ0) is 29.0. The summed E-state index contributed by atoms with van der Waals surface area (Å²) in [7, 11) is 0. The summed E-state index contributed by atoms with van der Waals surface area (Å²) in [5, 5.41) is 27.1. The van der Waals surface area contributed by atoms with Gasteiger partial charge < -0.3 is 25.6 Å². The molecule has 42 heavy (non-hydrogen) atoms. The third-order valence-electron chi connectivity index (χ3n) is 7.05. The van der Waals surface area contributed by atoms with Crippen molar-refractivity contribution < 1.29 is 9.52 Å². The summed E-state index contributed by atoms with van der Waals surface area (Å²) in [4.78, 5) is 25.9. The van der Waals surface area contributed by atoms with Crippen molar-refractivity contribution in [2.75, 3.05) is 11.1 Å². The first-order valence-corrected chi connectivity index (χ1v) is 13.1. The number of nitrogens with two attached hydrogens (primary N) is 1. The van der Waals surface area contributed by atoms with Crippen LogP contribution in [0.4, 0.5) is 11.8 Å². The highest BCUT2D eigenvalue weighted by atomic mass is 16.4. The maximum atomic E-state index is 13.8. The van der Waals surface area contributed by atoms with Crippen LogP contribution < -0.4 is 16.6 Å². The maximum absolute atomic E-state index is 13.8. The monoisotopic (exact) mass is 560 g/mol. The number of nitrogen functional groups attached to an aromatic ring is 1. The van der Waals surface area contributed by atoms with Gasteiger partial charge in [0.15, 0.2) is 5.82 Å². The number of phenols is 1. The first-order chi connectivity index (χ1) is 20.4. The molecular formula is C29H24N10O3. The van der Waals surface area contributed by atoms with E-state index in [1.54, 1.807) is 33.6 Å². The first kappa shape index (κ1) is 25.0. The van der Waals surface area contributed by atoms with Crippen LogP contribution in [0.2, 0.25) is 0 Å². The molecule has 0 aliphatic heterocycles. The third-order valence-corrected chi connectivity index (χ3v) is 7.05. The fourth-order valence-corrected chi connectivity index (χ4v) is 5.15. The molecule has 0 bridgehead atoms. The quantitative estimate of drug-likeness (QED) is 0.230. The second kappa shape index (κ2) is 9.59. The molecule has 13 nitrogen and oxygen atoms in total. The molecule has 5 aromatic heterocycles. The Hall–Kier alpha value is -5.98. The Labute approximate surface area is 237 Å². The summed E-state index contributed by atoms with van der Waals surface area (Å²) < 4.78 is 8.59. The van der Waals surface area contributed by atoms with Gasteiger partial charge in [-0.05, 0) is 61.4 Å². The lowest BCUT2D eigenvalue weighted by Gasteiger charge is -2.20. The minimum absolute atomic E-state index is 0.000236. The molecule has 0 saturated heterocycles. The summed E-state index contributed by atoms with van der Waals surface area (Å²) in [6.07, 6.45) is 5.01. The molecule has 5 heterocycles. The van der Waals surface area contributed by atoms with Crippen LogP contribution >= 0.6 is 0 Å². The summed E-state index contributed by atoms with van der Waals surface area (Å²) >= 11 is 0. The predicted octanol–water partition coefficient (Wildman–Crippen LogP) is 4.24. The molecule has 5 N–H and O–H groups in total. The zero-order valence-corrected chi connectivity index (χ0v) is 22.5. The molecule has 0 spiro atoms. The van der Waals surface area contributed by atoms with Gasteiger partial charge >= 0.3 is 6.01 Å². The van der Waals surface area contributed by atoms with Crippen molar-refractivity contribution in [1.82, 2.24) is 39.3 Å². The first-order valence-electron chi connectivity index (χ1n) is 13.1. The summed E-state index contributed by atoms with van der Waals surface area (Å²) in [5.74, 6) is 1.17. The van der Waals surface area contributed by atoms with Crippen LogP contribution in [0.25, 0.3) is 44.8 Å². The van der Waals surface area contributed by atoms with E-state index in [-0.39, 0.29) is 23.2 Å². The molecule has 7 aromatic rings. The van der Waals surface area contributed by atoms with Crippen molar-refractivity contribution in [2.24, 2.45) is 0 Å². The summed E-state index contributed by atoms with van der Waals surface area (Å²) in [5.41, 5.74) is 9.92. The Kier molecular flexibility index (Phi) is 5.71. The van der Waals surface area contributed by atoms with Crippen LogP contribution in [0.3, 0.4) is 0 Å². The second-order valence-corrected chi connectivity index (χ2v) is 9.85. The smallest absolute Gasteiger partial charge is 0.313 e. The van der Waals surface area contributed by atoms with E-state index in [4.69, 9.17) is 15.2 Å². The molecule has 0 amide bonds. The van der Waals surface area contributed by atoms with Crippen molar-refractivity contribution in [3.05, 3.63) is 95.1 Å². The van der Waals surface area contributed by atoms with Gasteiger partial charge in [-0.15, -0.1) is 5.10 Å². The van der Waals surface area contributed by atoms with Gasteiger partial charge in [0.1, 0.15) is 29.1 Å². The third kappa shape index (κ3) is 4.11. The Morgan fingerprint density at radius 3 is 2.67 bits per heavy atom. The molecule has 2 aromatic carbocycles. The van der Waals surface area contributed by atoms with Crippen LogP contribution in [0.5, 0.6) is 5.75 Å². The van der Waals surface area contributed by atoms with Gasteiger partial charge in [-0.25, -0.2) is 14.5 Å². The number of aromatic amines is 1. The normalized spacial score (nSPS) is 12.2. The summed E-state index contributed by atoms with van der Waals surface area (Å²) in [6.45, 7) is 3.80. The van der Waals surface area contributed by atoms with Crippen molar-refractivity contribution in [3.8, 4) is 34.0 Å². The number of para-hydroxylation sites is 1. The number of rotatable bonds is 6. The Balaban J connectivity index is 1.35. The number of phenolic OH excluding ortho intramolecular Hbond substituents is 1. The van der Waals surface area contributed by atoms with Crippen molar-refractivity contribution in [1.29, 1.82) is 0 Å². The lowest BCUT2D eigenvalue weighted by Crippen LogP contribution is -2.29. The van der Waals surface area contributed by atoms with Crippen LogP contribution in [0, 0.1) is 6.92 Å². The Bertz CT molecular complexity index is 2160. The molecule has 0 aliphatic rings. The standard InChI is InChI=1S/C29H24N10O3/c1-15-8-9-38-23(15)28(41)39(19-6-4-3-5-7-19)26(37-38)16(2)34-25-22-21(13-31-24(22)32-14-33-25)17-10-18(12-20(40)11-17)27-35-36-29(30)42-27/h3-14,16,40H,1-2H3,(H2,30,36)(H2,31,32,33,34)/t16-/m0/s1. The average Bonchev–Trinajstić information content (AvgIpc) is 3.72. The van der Waals surface area contributed by atoms with E-state index in [0.717, 1.165) is 11.1 Å². The van der Waals surface area contributed by atoms with Crippen LogP contribution in [-0.2, 0) is 0 Å². The van der Waals surface area contributed by atoms with Crippen LogP contribution in [0.15, 0.2) is 82.5 Å². The second-order valence-electron chi connectivity index (χ2n) is 9.85. The number of benzene rings is 2. The van der Waals surface area contributed by atoms with E-state index >= 15 is 0 Å². The Morgan fingerprint density at radius 1 is 1.07 bits per heavy atom. The number of nitrogens with zero attached hydrogens (tertiary/aromatic N) is 7. The number of aromatic nitrogens is 8. The SMILES string of the molecule is Cc1ccn2nc([C@H](C)Nc3ncnc4[nH]cc(-c5cc(O)cc(-c6nnc(N)o6)c5)c34)n(-c3ccccc3)c(=O)c12. The van der Waals surface area contributed by atoms with E-state index < -0.39 is 6.04 Å². The predicted molar refractivity (Wildman–Crippen MR) is 156 cm³/mol. The van der Waals surface area contributed by atoms with Gasteiger partial charge in [0.25, 0.3) is 5.56 Å². The molecule has 13 heteroatoms. The highest BCUT2D eigenvalue weighted by Crippen LogP contribution is 2.37. The van der Waals surface area contributed by atoms with E-state index in [0.29, 0.717) is 45.0 Å². The number of aryl methyl sites for hydroxylation is 1. The number of fused-ring (bicyclic) bond motifs is 2. The minimum Gasteiger partial charge on any atom is -0.508 e. The molecule has 0 radical (unpaired) electrons. The zero-order valence-electron chi connectivity index (χ0n) is 22.5. The van der Waals surface area contributed by atoms with Gasteiger partial charge in [-0.1, -0.05) is 23.3 Å². The minimum atomic E-state index is -0.466. The fraction of sp³-hybridized carbons (Fsp3) is 0.103. The molecule has 0 unspecified atom stereocenters. The molecular weight excluding hydrogens is 536 g/mol. The maximum Gasteiger partial charge on any atom is 0.313 e. The highest BCUT2D eigenvalue weighted by molar-refractivity contribution is 6.01. The fourth-order valence-electron chi connectivity index (χ4n) is 5.15. The largest absolute Gasteiger partial charge is 0.508 e. The lowest BCUT2D eigenvalue weighted by molar-refractivity contribution is 0.475. The molecule has 1 atom stereocenters. The van der Waals surface area contributed by atoms with Crippen molar-refractivity contribution in [3.63, 3.8) is 0 Å². The van der Waals surface area contributed by atoms with E-state index in [2.05, 4.69) is 30.5 Å². The van der Waals surface area contributed by atoms with Gasteiger partial charge in [-0.2, -0.15) is 5.10 Å². The summed E-state index contributed by atoms with van der Waals surface area (Å²) in [6, 6.07) is 15.7. The molecule has 208 valence electrons. The van der Waals surface area contributed by atoms with Crippen molar-refractivity contribution in [2.45, 2.75) is 19.9 Å². The topological polar surface area (TPSA) is 178 Å². The van der Waals surface area contributed by atoms with E-state index in [9.17, 15) is 9.90 Å². The number of nitrogens with one attached hydrogen (secondary N) is 2. The molecule has 0 aliphatic carbocycles. The number of hydrogen-bond acceptors (Lipinski definition) is 10. The molecule has 0 fully saturated rings. The molecule has 7 rings (SSSR count). The van der Waals surface area contributed by atoms with E-state index in [1.807, 2.05) is 50.2 Å². The van der Waals surface area contributed by atoms with Gasteiger partial charge in [0, 0.05) is 23.5 Å². The van der Waals surface area contributed by atoms with Gasteiger partial charge in [0.2, 0.25) is 5.89 Å². The van der Waals surface area contributed by atoms with E-state index in [1.165, 1.54) is 12.4 Å². The lowest BCUT2D eigenvalue weighted by atomic mass is 10.0. The van der Waals surface area contributed by atoms with Gasteiger partial charge in [0.05, 0.1) is 17.1 Å². The molecule has 0 saturated carbocycles. The number of aromatic hydroxyl groups is 1. The number of anilines is 2. The Morgan fingerprint density at radius 2 is 1.88 bits per heavy atom.